The Morgan fingerprint density at radius 2 is 2.10 bits per heavy atom. The first kappa shape index (κ1) is 17.5. The standard InChI is InChI=1S/C12H18BrFN2O3S/c1-16(7-8-19-2)6-5-15-20(17,18)12-4-3-10(13)9-11(12)14/h3-4,9,15H,5-8H2,1-2H3. The minimum atomic E-state index is -3.83. The summed E-state index contributed by atoms with van der Waals surface area (Å²) in [5, 5.41) is 0. The molecule has 114 valence electrons. The topological polar surface area (TPSA) is 58.6 Å². The summed E-state index contributed by atoms with van der Waals surface area (Å²) in [7, 11) is -0.369. The number of hydrogen-bond donors (Lipinski definition) is 1. The van der Waals surface area contributed by atoms with Gasteiger partial charge in [-0.2, -0.15) is 0 Å². The van der Waals surface area contributed by atoms with Gasteiger partial charge in [-0.25, -0.2) is 17.5 Å². The van der Waals surface area contributed by atoms with E-state index in [2.05, 4.69) is 20.7 Å². The zero-order valence-electron chi connectivity index (χ0n) is 11.4. The van der Waals surface area contributed by atoms with Gasteiger partial charge in [-0.1, -0.05) is 15.9 Å². The maximum atomic E-state index is 13.6. The second kappa shape index (κ2) is 8.04. The number of halogens is 2. The van der Waals surface area contributed by atoms with Crippen LogP contribution in [0.3, 0.4) is 0 Å². The summed E-state index contributed by atoms with van der Waals surface area (Å²) < 4.78 is 45.3. The third kappa shape index (κ3) is 5.45. The number of hydrogen-bond acceptors (Lipinski definition) is 4. The molecule has 0 atom stereocenters. The Labute approximate surface area is 127 Å². The molecule has 0 aliphatic carbocycles. The number of nitrogens with one attached hydrogen (secondary N) is 1. The fourth-order valence-corrected chi connectivity index (χ4v) is 2.91. The predicted molar refractivity (Wildman–Crippen MR) is 78.7 cm³/mol. The molecule has 0 aromatic heterocycles. The van der Waals surface area contributed by atoms with Crippen LogP contribution in [-0.4, -0.2) is 53.7 Å². The van der Waals surface area contributed by atoms with Gasteiger partial charge in [0, 0.05) is 31.2 Å². The molecule has 0 aliphatic rings. The van der Waals surface area contributed by atoms with E-state index in [1.807, 2.05) is 11.9 Å². The maximum absolute atomic E-state index is 13.6. The van der Waals surface area contributed by atoms with Gasteiger partial charge < -0.3 is 9.64 Å². The maximum Gasteiger partial charge on any atom is 0.243 e. The van der Waals surface area contributed by atoms with E-state index in [9.17, 15) is 12.8 Å². The van der Waals surface area contributed by atoms with Gasteiger partial charge in [-0.15, -0.1) is 0 Å². The molecular weight excluding hydrogens is 351 g/mol. The van der Waals surface area contributed by atoms with Gasteiger partial charge in [-0.05, 0) is 25.2 Å². The second-order valence-corrected chi connectivity index (χ2v) is 6.92. The van der Waals surface area contributed by atoms with E-state index in [0.717, 1.165) is 6.07 Å². The van der Waals surface area contributed by atoms with E-state index >= 15 is 0 Å². The van der Waals surface area contributed by atoms with E-state index in [-0.39, 0.29) is 11.4 Å². The lowest BCUT2D eigenvalue weighted by molar-refractivity contribution is 0.162. The lowest BCUT2D eigenvalue weighted by Crippen LogP contribution is -2.34. The van der Waals surface area contributed by atoms with Crippen LogP contribution in [0, 0.1) is 5.82 Å². The van der Waals surface area contributed by atoms with Crippen LogP contribution < -0.4 is 4.72 Å². The molecule has 0 bridgehead atoms. The smallest absolute Gasteiger partial charge is 0.243 e. The molecular formula is C12H18BrFN2O3S. The third-order valence-corrected chi connectivity index (χ3v) is 4.63. The van der Waals surface area contributed by atoms with Crippen LogP contribution in [0.1, 0.15) is 0 Å². The predicted octanol–water partition coefficient (Wildman–Crippen LogP) is 1.44. The van der Waals surface area contributed by atoms with Gasteiger partial charge in [0.1, 0.15) is 10.7 Å². The van der Waals surface area contributed by atoms with Crippen molar-refractivity contribution in [1.29, 1.82) is 0 Å². The largest absolute Gasteiger partial charge is 0.383 e. The highest BCUT2D eigenvalue weighted by molar-refractivity contribution is 9.10. The molecule has 0 aliphatic heterocycles. The highest BCUT2D eigenvalue weighted by atomic mass is 79.9. The highest BCUT2D eigenvalue weighted by Gasteiger charge is 2.18. The Bertz CT molecular complexity index is 540. The normalized spacial score (nSPS) is 12.1. The van der Waals surface area contributed by atoms with E-state index in [0.29, 0.717) is 24.2 Å². The second-order valence-electron chi connectivity index (χ2n) is 4.27. The van der Waals surface area contributed by atoms with Gasteiger partial charge in [0.25, 0.3) is 0 Å². The lowest BCUT2D eigenvalue weighted by atomic mass is 10.3. The van der Waals surface area contributed by atoms with Crippen LogP contribution in [0.5, 0.6) is 0 Å². The van der Waals surface area contributed by atoms with Crippen LogP contribution >= 0.6 is 15.9 Å². The van der Waals surface area contributed by atoms with Crippen LogP contribution in [0.25, 0.3) is 0 Å². The Kier molecular flexibility index (Phi) is 7.04. The Balaban J connectivity index is 2.58. The molecule has 0 amide bonds. The Hall–Kier alpha value is -0.540. The summed E-state index contributed by atoms with van der Waals surface area (Å²) in [6, 6.07) is 3.85. The molecule has 1 aromatic carbocycles. The fraction of sp³-hybridized carbons (Fsp3) is 0.500. The van der Waals surface area contributed by atoms with Gasteiger partial charge in [0.05, 0.1) is 6.61 Å². The number of rotatable bonds is 8. The molecule has 0 radical (unpaired) electrons. The van der Waals surface area contributed by atoms with Crippen LogP contribution in [0.15, 0.2) is 27.6 Å². The van der Waals surface area contributed by atoms with Crippen molar-refractivity contribution >= 4 is 26.0 Å². The third-order valence-electron chi connectivity index (χ3n) is 2.65. The van der Waals surface area contributed by atoms with Crippen molar-refractivity contribution < 1.29 is 17.5 Å². The van der Waals surface area contributed by atoms with Gasteiger partial charge in [-0.3, -0.25) is 0 Å². The van der Waals surface area contributed by atoms with E-state index in [4.69, 9.17) is 4.74 Å². The molecule has 1 aromatic rings. The van der Waals surface area contributed by atoms with Gasteiger partial charge in [0.2, 0.25) is 10.0 Å². The summed E-state index contributed by atoms with van der Waals surface area (Å²) in [5.74, 6) is -0.778. The molecule has 0 saturated heterocycles. The summed E-state index contributed by atoms with van der Waals surface area (Å²) in [4.78, 5) is 1.57. The zero-order valence-corrected chi connectivity index (χ0v) is 13.8. The van der Waals surface area contributed by atoms with Crippen molar-refractivity contribution in [2.75, 3.05) is 40.4 Å². The van der Waals surface area contributed by atoms with Gasteiger partial charge in [0.15, 0.2) is 0 Å². The molecule has 20 heavy (non-hydrogen) atoms. The molecule has 0 fully saturated rings. The molecule has 0 unspecified atom stereocenters. The average Bonchev–Trinajstić information content (AvgIpc) is 2.35. The molecule has 1 N–H and O–H groups in total. The van der Waals surface area contributed by atoms with Crippen molar-refractivity contribution in [1.82, 2.24) is 9.62 Å². The SMILES string of the molecule is COCCN(C)CCNS(=O)(=O)c1ccc(Br)cc1F. The number of nitrogens with zero attached hydrogens (tertiary/aromatic N) is 1. The van der Waals surface area contributed by atoms with Crippen molar-refractivity contribution in [2.24, 2.45) is 0 Å². The Morgan fingerprint density at radius 3 is 2.70 bits per heavy atom. The quantitative estimate of drug-likeness (QED) is 0.754. The number of methoxy groups -OCH3 is 1. The number of likely N-dealkylation sites (N-methyl/N-ethyl adjacent to an activating group) is 1. The van der Waals surface area contributed by atoms with E-state index < -0.39 is 15.8 Å². The zero-order chi connectivity index (χ0) is 15.2. The van der Waals surface area contributed by atoms with Crippen molar-refractivity contribution in [3.63, 3.8) is 0 Å². The first-order valence-corrected chi connectivity index (χ1v) is 8.26. The first-order valence-electron chi connectivity index (χ1n) is 5.99. The lowest BCUT2D eigenvalue weighted by Gasteiger charge is -2.16. The molecule has 0 saturated carbocycles. The minimum Gasteiger partial charge on any atom is -0.383 e. The monoisotopic (exact) mass is 368 g/mol. The summed E-state index contributed by atoms with van der Waals surface area (Å²) in [5.41, 5.74) is 0. The molecule has 8 heteroatoms. The van der Waals surface area contributed by atoms with Crippen molar-refractivity contribution in [2.45, 2.75) is 4.90 Å². The van der Waals surface area contributed by atoms with Crippen LogP contribution in [0.2, 0.25) is 0 Å². The summed E-state index contributed by atoms with van der Waals surface area (Å²) >= 11 is 3.09. The highest BCUT2D eigenvalue weighted by Crippen LogP contribution is 2.18. The average molecular weight is 369 g/mol. The van der Waals surface area contributed by atoms with Crippen molar-refractivity contribution in [3.05, 3.63) is 28.5 Å². The molecule has 0 spiro atoms. The Morgan fingerprint density at radius 1 is 1.40 bits per heavy atom. The molecule has 5 nitrogen and oxygen atoms in total. The molecule has 0 heterocycles. The van der Waals surface area contributed by atoms with Gasteiger partial charge >= 0.3 is 0 Å². The minimum absolute atomic E-state index is 0.206. The van der Waals surface area contributed by atoms with E-state index in [1.54, 1.807) is 7.11 Å². The molecule has 1 rings (SSSR count). The summed E-state index contributed by atoms with van der Waals surface area (Å²) in [6.07, 6.45) is 0. The number of sulfonamides is 1. The van der Waals surface area contributed by atoms with E-state index in [1.165, 1.54) is 12.1 Å². The summed E-state index contributed by atoms with van der Waals surface area (Å²) in [6.45, 7) is 1.99. The van der Waals surface area contributed by atoms with Crippen LogP contribution in [0.4, 0.5) is 4.39 Å². The number of ether oxygens (including phenoxy) is 1. The fourth-order valence-electron chi connectivity index (χ4n) is 1.50. The van der Waals surface area contributed by atoms with Crippen LogP contribution in [-0.2, 0) is 14.8 Å². The number of benzene rings is 1. The first-order chi connectivity index (χ1) is 9.36. The van der Waals surface area contributed by atoms with Crippen molar-refractivity contribution in [3.8, 4) is 0 Å².